The highest BCUT2D eigenvalue weighted by molar-refractivity contribution is 7.27. The smallest absolute Gasteiger partial charge is 0.238 e. The van der Waals surface area contributed by atoms with Crippen LogP contribution < -0.4 is 0 Å². The van der Waals surface area contributed by atoms with Gasteiger partial charge < -0.3 is 0 Å². The molecule has 11 aromatic rings. The van der Waals surface area contributed by atoms with Crippen molar-refractivity contribution in [3.8, 4) is 39.9 Å². The minimum absolute atomic E-state index is 0.597. The van der Waals surface area contributed by atoms with Crippen LogP contribution in [0, 0.1) is 0 Å². The molecule has 0 aliphatic carbocycles. The van der Waals surface area contributed by atoms with E-state index in [2.05, 4.69) is 138 Å². The van der Waals surface area contributed by atoms with Crippen LogP contribution in [0.25, 0.3) is 103 Å². The molecule has 0 amide bonds. The SMILES string of the molecule is c1ccc(-c2nc(-c3ccccc3)nc(-n3c4ccc(-c5ccc6ccccc6c5)cc4c4c5ccccc5c5c6ccccc6sc5c43)n2)cc1. The fourth-order valence-electron chi connectivity index (χ4n) is 7.83. The molecule has 0 saturated carbocycles. The Bertz CT molecular complexity index is 3120. The highest BCUT2D eigenvalue weighted by Gasteiger charge is 2.24. The summed E-state index contributed by atoms with van der Waals surface area (Å²) in [5, 5.41) is 9.83. The molecule has 4 nitrogen and oxygen atoms in total. The normalized spacial score (nSPS) is 11.8. The average molecular weight is 681 g/mol. The van der Waals surface area contributed by atoms with E-state index in [0.29, 0.717) is 17.6 Å². The van der Waals surface area contributed by atoms with Crippen molar-refractivity contribution in [1.29, 1.82) is 0 Å². The molecule has 0 spiro atoms. The van der Waals surface area contributed by atoms with Gasteiger partial charge in [0.15, 0.2) is 11.6 Å². The van der Waals surface area contributed by atoms with Gasteiger partial charge in [-0.2, -0.15) is 9.97 Å². The van der Waals surface area contributed by atoms with Crippen LogP contribution in [0.15, 0.2) is 170 Å². The van der Waals surface area contributed by atoms with Crippen LogP contribution in [0.3, 0.4) is 0 Å². The summed E-state index contributed by atoms with van der Waals surface area (Å²) in [4.78, 5) is 15.6. The average Bonchev–Trinajstić information content (AvgIpc) is 3.78. The van der Waals surface area contributed by atoms with Gasteiger partial charge in [-0.05, 0) is 56.9 Å². The molecule has 0 atom stereocenters. The van der Waals surface area contributed by atoms with Gasteiger partial charge in [0.2, 0.25) is 5.95 Å². The lowest BCUT2D eigenvalue weighted by atomic mass is 9.96. The molecule has 11 rings (SSSR count). The number of rotatable bonds is 4. The van der Waals surface area contributed by atoms with Gasteiger partial charge in [-0.25, -0.2) is 4.98 Å². The van der Waals surface area contributed by atoms with Crippen LogP contribution in [0.5, 0.6) is 0 Å². The Morgan fingerprint density at radius 3 is 1.71 bits per heavy atom. The third-order valence-corrected chi connectivity index (χ3v) is 11.4. The van der Waals surface area contributed by atoms with E-state index in [4.69, 9.17) is 15.0 Å². The lowest BCUT2D eigenvalue weighted by Gasteiger charge is -2.12. The maximum atomic E-state index is 5.27. The van der Waals surface area contributed by atoms with E-state index in [1.54, 1.807) is 0 Å². The number of nitrogens with zero attached hydrogens (tertiary/aromatic N) is 4. The maximum Gasteiger partial charge on any atom is 0.238 e. The fraction of sp³-hybridized carbons (Fsp3) is 0. The second-order valence-electron chi connectivity index (χ2n) is 13.2. The highest BCUT2D eigenvalue weighted by atomic mass is 32.1. The van der Waals surface area contributed by atoms with E-state index in [1.165, 1.54) is 63.6 Å². The Morgan fingerprint density at radius 2 is 0.981 bits per heavy atom. The highest BCUT2D eigenvalue weighted by Crippen LogP contribution is 2.48. The molecule has 8 aromatic carbocycles. The number of hydrogen-bond acceptors (Lipinski definition) is 4. The van der Waals surface area contributed by atoms with E-state index in [-0.39, 0.29) is 0 Å². The summed E-state index contributed by atoms with van der Waals surface area (Å²) in [7, 11) is 0. The second-order valence-corrected chi connectivity index (χ2v) is 14.3. The molecule has 5 heteroatoms. The van der Waals surface area contributed by atoms with Gasteiger partial charge in [0.25, 0.3) is 0 Å². The molecule has 0 radical (unpaired) electrons. The summed E-state index contributed by atoms with van der Waals surface area (Å²) in [5.74, 6) is 1.88. The van der Waals surface area contributed by atoms with Crippen molar-refractivity contribution >= 4 is 74.9 Å². The summed E-state index contributed by atoms with van der Waals surface area (Å²) in [6, 6.07) is 60.2. The van der Waals surface area contributed by atoms with Crippen molar-refractivity contribution in [2.45, 2.75) is 0 Å². The Balaban J connectivity index is 1.31. The predicted octanol–water partition coefficient (Wildman–Crippen LogP) is 12.6. The lowest BCUT2D eigenvalue weighted by Crippen LogP contribution is -2.06. The summed E-state index contributed by atoms with van der Waals surface area (Å²) in [6.45, 7) is 0. The van der Waals surface area contributed by atoms with E-state index in [1.807, 2.05) is 47.7 Å². The summed E-state index contributed by atoms with van der Waals surface area (Å²) in [6.07, 6.45) is 0. The molecule has 0 N–H and O–H groups in total. The maximum absolute atomic E-state index is 5.27. The Labute approximate surface area is 302 Å². The third kappa shape index (κ3) is 4.43. The predicted molar refractivity (Wildman–Crippen MR) is 218 cm³/mol. The Kier molecular flexibility index (Phi) is 6.39. The molecule has 0 fully saturated rings. The number of fused-ring (bicyclic) bond motifs is 11. The summed E-state index contributed by atoms with van der Waals surface area (Å²) >= 11 is 1.84. The molecule has 0 unspecified atom stereocenters. The largest absolute Gasteiger partial charge is 0.276 e. The summed E-state index contributed by atoms with van der Waals surface area (Å²) in [5.41, 5.74) is 6.42. The first-order valence-corrected chi connectivity index (χ1v) is 18.3. The quantitative estimate of drug-likeness (QED) is 0.186. The van der Waals surface area contributed by atoms with Crippen molar-refractivity contribution < 1.29 is 0 Å². The number of aromatic nitrogens is 4. The zero-order chi connectivity index (χ0) is 34.2. The Hall–Kier alpha value is -6.69. The molecule has 3 heterocycles. The minimum atomic E-state index is 0.597. The minimum Gasteiger partial charge on any atom is -0.276 e. The van der Waals surface area contributed by atoms with Gasteiger partial charge in [-0.3, -0.25) is 4.57 Å². The van der Waals surface area contributed by atoms with Crippen LogP contribution in [-0.4, -0.2) is 19.5 Å². The van der Waals surface area contributed by atoms with Crippen molar-refractivity contribution in [3.05, 3.63) is 170 Å². The van der Waals surface area contributed by atoms with Crippen molar-refractivity contribution in [1.82, 2.24) is 19.5 Å². The van der Waals surface area contributed by atoms with Crippen LogP contribution >= 0.6 is 11.3 Å². The van der Waals surface area contributed by atoms with E-state index in [0.717, 1.165) is 22.2 Å². The Morgan fingerprint density at radius 1 is 0.404 bits per heavy atom. The second kappa shape index (κ2) is 11.4. The molecule has 3 aromatic heterocycles. The molecule has 0 bridgehead atoms. The van der Waals surface area contributed by atoms with Gasteiger partial charge in [-0.15, -0.1) is 11.3 Å². The number of hydrogen-bond donors (Lipinski definition) is 0. The third-order valence-electron chi connectivity index (χ3n) is 10.2. The van der Waals surface area contributed by atoms with E-state index in [9.17, 15) is 0 Å². The summed E-state index contributed by atoms with van der Waals surface area (Å²) < 4.78 is 4.77. The first-order valence-electron chi connectivity index (χ1n) is 17.5. The van der Waals surface area contributed by atoms with Crippen LogP contribution in [0.2, 0.25) is 0 Å². The van der Waals surface area contributed by atoms with Gasteiger partial charge in [0.05, 0.1) is 15.7 Å². The van der Waals surface area contributed by atoms with Gasteiger partial charge >= 0.3 is 0 Å². The van der Waals surface area contributed by atoms with Gasteiger partial charge in [0.1, 0.15) is 0 Å². The van der Waals surface area contributed by atoms with E-state index >= 15 is 0 Å². The molecule has 0 aliphatic rings. The van der Waals surface area contributed by atoms with Crippen molar-refractivity contribution in [3.63, 3.8) is 0 Å². The molecule has 0 aliphatic heterocycles. The van der Waals surface area contributed by atoms with Crippen LogP contribution in [-0.2, 0) is 0 Å². The molecule has 0 saturated heterocycles. The zero-order valence-electron chi connectivity index (χ0n) is 27.9. The van der Waals surface area contributed by atoms with E-state index < -0.39 is 0 Å². The first kappa shape index (κ1) is 29.1. The molecule has 242 valence electrons. The van der Waals surface area contributed by atoms with Crippen molar-refractivity contribution in [2.24, 2.45) is 0 Å². The number of benzene rings is 8. The van der Waals surface area contributed by atoms with Gasteiger partial charge in [-0.1, -0.05) is 146 Å². The monoisotopic (exact) mass is 680 g/mol. The zero-order valence-corrected chi connectivity index (χ0v) is 28.7. The number of thiophene rings is 1. The molecular formula is C47H28N4S. The first-order chi connectivity index (χ1) is 25.8. The standard InChI is InChI=1S/C47H28N4S/c1-3-14-30(15-4-1)45-48-46(31-16-5-2-6-17-31)50-47(49-45)51-39-26-25-34(33-24-23-29-13-7-8-18-32(29)27-33)28-38(39)41-35-19-9-10-20-36(35)42-37-21-11-12-22-40(37)52-44(42)43(41)51/h1-28H. The fourth-order valence-corrected chi connectivity index (χ4v) is 9.09. The van der Waals surface area contributed by atoms with Gasteiger partial charge in [0, 0.05) is 37.4 Å². The topological polar surface area (TPSA) is 43.6 Å². The van der Waals surface area contributed by atoms with Crippen LogP contribution in [0.4, 0.5) is 0 Å². The molecule has 52 heavy (non-hydrogen) atoms. The molecular weight excluding hydrogens is 653 g/mol. The van der Waals surface area contributed by atoms with Crippen LogP contribution in [0.1, 0.15) is 0 Å². The van der Waals surface area contributed by atoms with Crippen molar-refractivity contribution in [2.75, 3.05) is 0 Å². The lowest BCUT2D eigenvalue weighted by molar-refractivity contribution is 0.955.